The van der Waals surface area contributed by atoms with E-state index < -0.39 is 18.5 Å². The van der Waals surface area contributed by atoms with Crippen molar-refractivity contribution in [3.63, 3.8) is 0 Å². The van der Waals surface area contributed by atoms with E-state index in [1.54, 1.807) is 30.3 Å². The van der Waals surface area contributed by atoms with Crippen molar-refractivity contribution in [2.24, 2.45) is 0 Å². The van der Waals surface area contributed by atoms with Gasteiger partial charge in [-0.05, 0) is 64.3 Å². The van der Waals surface area contributed by atoms with E-state index >= 15 is 0 Å². The zero-order chi connectivity index (χ0) is 20.7. The molecule has 2 rings (SSSR count). The van der Waals surface area contributed by atoms with E-state index in [9.17, 15) is 14.9 Å². The highest BCUT2D eigenvalue weighted by Gasteiger charge is 2.15. The van der Waals surface area contributed by atoms with Crippen LogP contribution in [0, 0.1) is 18.3 Å². The number of rotatable bonds is 7. The lowest BCUT2D eigenvalue weighted by Crippen LogP contribution is -2.13. The molecule has 0 saturated heterocycles. The molecular weight excluding hydrogens is 428 g/mol. The number of halogens is 1. The van der Waals surface area contributed by atoms with Crippen LogP contribution in [-0.4, -0.2) is 30.7 Å². The van der Waals surface area contributed by atoms with Gasteiger partial charge in [0, 0.05) is 5.69 Å². The molecule has 0 fully saturated rings. The lowest BCUT2D eigenvalue weighted by molar-refractivity contribution is -0.139. The number of ether oxygens (including phenoxy) is 2. The summed E-state index contributed by atoms with van der Waals surface area (Å²) < 4.78 is 10.9. The van der Waals surface area contributed by atoms with E-state index in [1.807, 2.05) is 19.1 Å². The van der Waals surface area contributed by atoms with Crippen molar-refractivity contribution in [2.45, 2.75) is 6.92 Å². The van der Waals surface area contributed by atoms with Gasteiger partial charge < -0.3 is 19.9 Å². The topological polar surface area (TPSA) is 109 Å². The van der Waals surface area contributed by atoms with E-state index in [2.05, 4.69) is 21.2 Å². The molecule has 0 heterocycles. The average Bonchev–Trinajstić information content (AvgIpc) is 2.64. The number of carboxylic acids is 1. The van der Waals surface area contributed by atoms with E-state index in [-0.39, 0.29) is 17.1 Å². The van der Waals surface area contributed by atoms with Crippen molar-refractivity contribution >= 4 is 39.6 Å². The fourth-order valence-electron chi connectivity index (χ4n) is 2.33. The first-order valence-electron chi connectivity index (χ1n) is 8.06. The van der Waals surface area contributed by atoms with Gasteiger partial charge in [0.05, 0.1) is 11.6 Å². The summed E-state index contributed by atoms with van der Waals surface area (Å²) in [5, 5.41) is 20.8. The number of amides is 1. The Labute approximate surface area is 170 Å². The second-order valence-corrected chi connectivity index (χ2v) is 6.56. The van der Waals surface area contributed by atoms with Crippen LogP contribution >= 0.6 is 15.9 Å². The van der Waals surface area contributed by atoms with Crippen molar-refractivity contribution < 1.29 is 24.2 Å². The number of methoxy groups -OCH3 is 1. The van der Waals surface area contributed by atoms with E-state index in [0.29, 0.717) is 15.7 Å². The second kappa shape index (κ2) is 9.58. The smallest absolute Gasteiger partial charge is 0.341 e. The number of aryl methyl sites for hydroxylation is 1. The molecule has 0 spiro atoms. The third-order valence-corrected chi connectivity index (χ3v) is 4.13. The Bertz CT molecular complexity index is 979. The molecule has 0 radical (unpaired) electrons. The Hall–Kier alpha value is -3.31. The molecule has 0 aliphatic rings. The van der Waals surface area contributed by atoms with Crippen LogP contribution in [0.4, 0.5) is 5.69 Å². The van der Waals surface area contributed by atoms with Crippen LogP contribution in [-0.2, 0) is 9.59 Å². The van der Waals surface area contributed by atoms with Crippen LogP contribution in [0.5, 0.6) is 11.5 Å². The van der Waals surface area contributed by atoms with Gasteiger partial charge in [0.1, 0.15) is 11.6 Å². The molecule has 0 aliphatic carbocycles. The Morgan fingerprint density at radius 3 is 2.68 bits per heavy atom. The van der Waals surface area contributed by atoms with Gasteiger partial charge in [-0.2, -0.15) is 5.26 Å². The largest absolute Gasteiger partial charge is 0.493 e. The monoisotopic (exact) mass is 444 g/mol. The second-order valence-electron chi connectivity index (χ2n) is 5.71. The molecule has 0 unspecified atom stereocenters. The summed E-state index contributed by atoms with van der Waals surface area (Å²) in [6.45, 7) is 1.36. The summed E-state index contributed by atoms with van der Waals surface area (Å²) in [6.07, 6.45) is 1.40. The lowest BCUT2D eigenvalue weighted by Gasteiger charge is -2.12. The Balaban J connectivity index is 2.30. The number of carbonyl (C=O) groups is 2. The number of carboxylic acid groups (broad SMARTS) is 1. The maximum absolute atomic E-state index is 12.4. The van der Waals surface area contributed by atoms with Crippen molar-refractivity contribution in [1.29, 1.82) is 5.26 Å². The number of anilines is 1. The number of aliphatic carboxylic acids is 1. The molecule has 1 amide bonds. The third kappa shape index (κ3) is 5.59. The van der Waals surface area contributed by atoms with Crippen LogP contribution in [0.1, 0.15) is 11.1 Å². The SMILES string of the molecule is COc1cc(C=C(C#N)C(=O)Nc2cccc(C)c2)cc(Br)c1OCC(=O)O. The molecule has 2 aromatic carbocycles. The quantitative estimate of drug-likeness (QED) is 0.496. The Kier molecular flexibility index (Phi) is 7.18. The number of nitrogens with zero attached hydrogens (tertiary/aromatic N) is 1. The summed E-state index contributed by atoms with van der Waals surface area (Å²) in [4.78, 5) is 23.1. The van der Waals surface area contributed by atoms with Crippen molar-refractivity contribution in [2.75, 3.05) is 19.0 Å². The predicted octanol–water partition coefficient (Wildman–Crippen LogP) is 3.78. The summed E-state index contributed by atoms with van der Waals surface area (Å²) in [6, 6.07) is 12.2. The summed E-state index contributed by atoms with van der Waals surface area (Å²) in [5.41, 5.74) is 1.96. The number of hydrogen-bond donors (Lipinski definition) is 2. The fraction of sp³-hybridized carbons (Fsp3) is 0.150. The maximum Gasteiger partial charge on any atom is 0.341 e. The van der Waals surface area contributed by atoms with E-state index in [1.165, 1.54) is 13.2 Å². The van der Waals surface area contributed by atoms with Gasteiger partial charge in [-0.1, -0.05) is 12.1 Å². The molecule has 0 atom stereocenters. The third-order valence-electron chi connectivity index (χ3n) is 3.54. The van der Waals surface area contributed by atoms with Crippen LogP contribution in [0.25, 0.3) is 6.08 Å². The minimum atomic E-state index is -1.13. The molecule has 28 heavy (non-hydrogen) atoms. The van der Waals surface area contributed by atoms with Gasteiger partial charge in [0.25, 0.3) is 5.91 Å². The first-order valence-corrected chi connectivity index (χ1v) is 8.85. The van der Waals surface area contributed by atoms with Crippen molar-refractivity contribution in [3.05, 3.63) is 57.6 Å². The van der Waals surface area contributed by atoms with Gasteiger partial charge in [0.15, 0.2) is 18.1 Å². The zero-order valence-corrected chi connectivity index (χ0v) is 16.7. The Morgan fingerprint density at radius 1 is 1.32 bits per heavy atom. The Morgan fingerprint density at radius 2 is 2.07 bits per heavy atom. The molecule has 0 saturated carbocycles. The fourth-order valence-corrected chi connectivity index (χ4v) is 2.91. The maximum atomic E-state index is 12.4. The highest BCUT2D eigenvalue weighted by molar-refractivity contribution is 9.10. The molecule has 0 aliphatic heterocycles. The highest BCUT2D eigenvalue weighted by Crippen LogP contribution is 2.37. The molecular formula is C20H17BrN2O5. The van der Waals surface area contributed by atoms with Crippen molar-refractivity contribution in [3.8, 4) is 17.6 Å². The molecule has 0 bridgehead atoms. The standard InChI is InChI=1S/C20H17BrN2O5/c1-12-4-3-5-15(6-12)23-20(26)14(10-22)7-13-8-16(21)19(17(9-13)27-2)28-11-18(24)25/h3-9H,11H2,1-2H3,(H,23,26)(H,24,25). The molecule has 0 aromatic heterocycles. The minimum Gasteiger partial charge on any atom is -0.493 e. The number of nitriles is 1. The molecule has 7 nitrogen and oxygen atoms in total. The number of hydrogen-bond acceptors (Lipinski definition) is 5. The molecule has 2 aromatic rings. The first kappa shape index (κ1) is 21.0. The van der Waals surface area contributed by atoms with Gasteiger partial charge in [-0.3, -0.25) is 4.79 Å². The minimum absolute atomic E-state index is 0.102. The zero-order valence-electron chi connectivity index (χ0n) is 15.2. The van der Waals surface area contributed by atoms with Crippen molar-refractivity contribution in [1.82, 2.24) is 0 Å². The highest BCUT2D eigenvalue weighted by atomic mass is 79.9. The lowest BCUT2D eigenvalue weighted by atomic mass is 10.1. The predicted molar refractivity (Wildman–Crippen MR) is 107 cm³/mol. The summed E-state index contributed by atoms with van der Waals surface area (Å²) in [5.74, 6) is -1.20. The van der Waals surface area contributed by atoms with E-state index in [4.69, 9.17) is 14.6 Å². The van der Waals surface area contributed by atoms with Crippen LogP contribution in [0.15, 0.2) is 46.4 Å². The van der Waals surface area contributed by atoms with Gasteiger partial charge in [0.2, 0.25) is 0 Å². The van der Waals surface area contributed by atoms with Gasteiger partial charge in [-0.25, -0.2) is 4.79 Å². The van der Waals surface area contributed by atoms with Crippen LogP contribution < -0.4 is 14.8 Å². The number of carbonyl (C=O) groups excluding carboxylic acids is 1. The number of benzene rings is 2. The molecule has 144 valence electrons. The average molecular weight is 445 g/mol. The van der Waals surface area contributed by atoms with Crippen LogP contribution in [0.2, 0.25) is 0 Å². The summed E-state index contributed by atoms with van der Waals surface area (Å²) in [7, 11) is 1.40. The van der Waals surface area contributed by atoms with E-state index in [0.717, 1.165) is 5.56 Å². The molecule has 8 heteroatoms. The van der Waals surface area contributed by atoms with Gasteiger partial charge >= 0.3 is 5.97 Å². The van der Waals surface area contributed by atoms with Gasteiger partial charge in [-0.15, -0.1) is 0 Å². The first-order chi connectivity index (χ1) is 13.3. The molecule has 2 N–H and O–H groups in total. The van der Waals surface area contributed by atoms with Crippen LogP contribution in [0.3, 0.4) is 0 Å². The number of nitrogens with one attached hydrogen (secondary N) is 1. The normalized spacial score (nSPS) is 10.7. The summed E-state index contributed by atoms with van der Waals surface area (Å²) >= 11 is 3.29.